The lowest BCUT2D eigenvalue weighted by Gasteiger charge is -2.31. The molecule has 1 amide bonds. The molecule has 4 nitrogen and oxygen atoms in total. The van der Waals surface area contributed by atoms with E-state index in [1.165, 1.54) is 6.07 Å². The minimum atomic E-state index is -0.903. The highest BCUT2D eigenvalue weighted by molar-refractivity contribution is 5.84. The highest BCUT2D eigenvalue weighted by Crippen LogP contribution is 2.49. The Morgan fingerprint density at radius 1 is 1.23 bits per heavy atom. The summed E-state index contributed by atoms with van der Waals surface area (Å²) in [5.41, 5.74) is 0.629. The van der Waals surface area contributed by atoms with E-state index in [0.717, 1.165) is 12.1 Å². The number of piperidine rings is 1. The Morgan fingerprint density at radius 2 is 2.00 bits per heavy atom. The third-order valence-electron chi connectivity index (χ3n) is 4.56. The summed E-state index contributed by atoms with van der Waals surface area (Å²) in [6, 6.07) is 3.72. The van der Waals surface area contributed by atoms with E-state index in [2.05, 4.69) is 0 Å². The van der Waals surface area contributed by atoms with Crippen molar-refractivity contribution in [2.45, 2.75) is 25.2 Å². The van der Waals surface area contributed by atoms with E-state index in [0.29, 0.717) is 31.4 Å². The minimum absolute atomic E-state index is 0.0688. The van der Waals surface area contributed by atoms with Crippen molar-refractivity contribution in [3.05, 3.63) is 35.4 Å². The van der Waals surface area contributed by atoms with Gasteiger partial charge in [0, 0.05) is 19.0 Å². The van der Waals surface area contributed by atoms with Crippen molar-refractivity contribution in [3.8, 4) is 0 Å². The summed E-state index contributed by atoms with van der Waals surface area (Å²) in [6.45, 7) is 0.818. The first-order valence-electron chi connectivity index (χ1n) is 7.44. The normalized spacial score (nSPS) is 27.5. The molecule has 22 heavy (non-hydrogen) atoms. The Balaban J connectivity index is 1.65. The van der Waals surface area contributed by atoms with E-state index >= 15 is 0 Å². The molecule has 1 aromatic rings. The zero-order valence-corrected chi connectivity index (χ0v) is 12.0. The smallest absolute Gasteiger partial charge is 0.308 e. The predicted octanol–water partition coefficient (Wildman–Crippen LogP) is 2.39. The average molecular weight is 309 g/mol. The largest absolute Gasteiger partial charge is 0.481 e. The van der Waals surface area contributed by atoms with Gasteiger partial charge in [0.15, 0.2) is 11.6 Å². The molecule has 1 aliphatic carbocycles. The van der Waals surface area contributed by atoms with E-state index in [-0.39, 0.29) is 24.3 Å². The number of hydrogen-bond donors (Lipinski definition) is 1. The number of benzene rings is 1. The topological polar surface area (TPSA) is 57.6 Å². The molecule has 2 fully saturated rings. The highest BCUT2D eigenvalue weighted by atomic mass is 19.2. The van der Waals surface area contributed by atoms with E-state index < -0.39 is 23.5 Å². The third kappa shape index (κ3) is 2.82. The molecule has 1 N–H and O–H groups in total. The lowest BCUT2D eigenvalue weighted by Crippen LogP contribution is -2.43. The zero-order valence-electron chi connectivity index (χ0n) is 12.0. The van der Waals surface area contributed by atoms with Gasteiger partial charge in [-0.3, -0.25) is 9.59 Å². The average Bonchev–Trinajstić information content (AvgIpc) is 3.30. The molecule has 0 unspecified atom stereocenters. The Kier molecular flexibility index (Phi) is 3.85. The van der Waals surface area contributed by atoms with E-state index in [4.69, 9.17) is 5.11 Å². The molecule has 3 atom stereocenters. The van der Waals surface area contributed by atoms with Crippen LogP contribution in [0.3, 0.4) is 0 Å². The number of amides is 1. The number of halogens is 2. The fourth-order valence-electron chi connectivity index (χ4n) is 3.19. The molecule has 0 spiro atoms. The van der Waals surface area contributed by atoms with Crippen molar-refractivity contribution in [2.75, 3.05) is 13.1 Å². The summed E-state index contributed by atoms with van der Waals surface area (Å²) >= 11 is 0. The van der Waals surface area contributed by atoms with Crippen molar-refractivity contribution in [3.63, 3.8) is 0 Å². The molecular weight excluding hydrogens is 292 g/mol. The maximum atomic E-state index is 13.3. The van der Waals surface area contributed by atoms with Crippen molar-refractivity contribution >= 4 is 11.9 Å². The van der Waals surface area contributed by atoms with Crippen LogP contribution >= 0.6 is 0 Å². The summed E-state index contributed by atoms with van der Waals surface area (Å²) in [5, 5.41) is 9.06. The number of aliphatic carboxylic acids is 1. The monoisotopic (exact) mass is 309 g/mol. The number of carboxylic acid groups (broad SMARTS) is 1. The molecule has 0 bridgehead atoms. The minimum Gasteiger partial charge on any atom is -0.481 e. The summed E-state index contributed by atoms with van der Waals surface area (Å²) in [5.74, 6) is -3.57. The molecule has 0 aromatic heterocycles. The molecule has 118 valence electrons. The SMILES string of the molecule is O=C(O)[C@H]1CCCN(C(=O)[C@H]2C[C@@H]2c2ccc(F)c(F)c2)C1. The summed E-state index contributed by atoms with van der Waals surface area (Å²) in [6.07, 6.45) is 1.89. The maximum Gasteiger partial charge on any atom is 0.308 e. The van der Waals surface area contributed by atoms with E-state index in [1.54, 1.807) is 4.90 Å². The third-order valence-corrected chi connectivity index (χ3v) is 4.56. The molecule has 1 saturated heterocycles. The van der Waals surface area contributed by atoms with Gasteiger partial charge >= 0.3 is 5.97 Å². The number of rotatable bonds is 3. The van der Waals surface area contributed by atoms with Gasteiger partial charge in [-0.15, -0.1) is 0 Å². The molecule has 1 aromatic carbocycles. The number of carboxylic acids is 1. The molecule has 1 saturated carbocycles. The highest BCUT2D eigenvalue weighted by Gasteiger charge is 2.46. The van der Waals surface area contributed by atoms with E-state index in [9.17, 15) is 18.4 Å². The van der Waals surface area contributed by atoms with Crippen molar-refractivity contribution < 1.29 is 23.5 Å². The van der Waals surface area contributed by atoms with Crippen LogP contribution < -0.4 is 0 Å². The lowest BCUT2D eigenvalue weighted by atomic mass is 9.97. The molecule has 2 aliphatic rings. The maximum absolute atomic E-state index is 13.3. The van der Waals surface area contributed by atoms with Gasteiger partial charge in [-0.05, 0) is 42.9 Å². The van der Waals surface area contributed by atoms with Gasteiger partial charge in [0.05, 0.1) is 5.92 Å². The number of hydrogen-bond acceptors (Lipinski definition) is 2. The Bertz CT molecular complexity index is 619. The molecule has 6 heteroatoms. The standard InChI is InChI=1S/C16H17F2NO3/c17-13-4-3-9(6-14(13)18)11-7-12(11)15(20)19-5-1-2-10(8-19)16(21)22/h3-4,6,10-12H,1-2,5,7-8H2,(H,21,22)/t10-,11+,12-/m0/s1. The van der Waals surface area contributed by atoms with Gasteiger partial charge in [0.25, 0.3) is 0 Å². The Morgan fingerprint density at radius 3 is 2.68 bits per heavy atom. The van der Waals surface area contributed by atoms with Crippen LogP contribution in [-0.2, 0) is 9.59 Å². The number of nitrogens with zero attached hydrogens (tertiary/aromatic N) is 1. The van der Waals surface area contributed by atoms with Gasteiger partial charge in [-0.2, -0.15) is 0 Å². The van der Waals surface area contributed by atoms with Crippen LogP contribution in [0.1, 0.15) is 30.7 Å². The second-order valence-electron chi connectivity index (χ2n) is 6.08. The Labute approximate surface area is 126 Å². The van der Waals surface area contributed by atoms with Gasteiger partial charge in [-0.1, -0.05) is 6.07 Å². The second-order valence-corrected chi connectivity index (χ2v) is 6.08. The van der Waals surface area contributed by atoms with Gasteiger partial charge < -0.3 is 10.0 Å². The first kappa shape index (κ1) is 14.9. The van der Waals surface area contributed by atoms with Crippen LogP contribution in [0.4, 0.5) is 8.78 Å². The van der Waals surface area contributed by atoms with Gasteiger partial charge in [0.1, 0.15) is 0 Å². The van der Waals surface area contributed by atoms with Crippen LogP contribution in [0.25, 0.3) is 0 Å². The molecule has 0 radical (unpaired) electrons. The second kappa shape index (κ2) is 5.66. The number of carbonyl (C=O) groups is 2. The predicted molar refractivity (Wildman–Crippen MR) is 74.1 cm³/mol. The van der Waals surface area contributed by atoms with Crippen LogP contribution in [-0.4, -0.2) is 35.0 Å². The van der Waals surface area contributed by atoms with Crippen LogP contribution in [0.2, 0.25) is 0 Å². The summed E-state index contributed by atoms with van der Waals surface area (Å²) in [4.78, 5) is 25.1. The summed E-state index contributed by atoms with van der Waals surface area (Å²) < 4.78 is 26.2. The van der Waals surface area contributed by atoms with Crippen LogP contribution in [0.5, 0.6) is 0 Å². The molecular formula is C16H17F2NO3. The van der Waals surface area contributed by atoms with E-state index in [1.807, 2.05) is 0 Å². The fraction of sp³-hybridized carbons (Fsp3) is 0.500. The molecule has 3 rings (SSSR count). The van der Waals surface area contributed by atoms with Crippen LogP contribution in [0, 0.1) is 23.5 Å². The van der Waals surface area contributed by atoms with Crippen molar-refractivity contribution in [1.29, 1.82) is 0 Å². The van der Waals surface area contributed by atoms with Crippen molar-refractivity contribution in [2.24, 2.45) is 11.8 Å². The zero-order chi connectivity index (χ0) is 15.9. The first-order chi connectivity index (χ1) is 10.5. The number of carbonyl (C=O) groups excluding carboxylic acids is 1. The van der Waals surface area contributed by atoms with Crippen molar-refractivity contribution in [1.82, 2.24) is 4.90 Å². The molecule has 1 heterocycles. The molecule has 1 aliphatic heterocycles. The fourth-order valence-corrected chi connectivity index (χ4v) is 3.19. The lowest BCUT2D eigenvalue weighted by molar-refractivity contribution is -0.146. The van der Waals surface area contributed by atoms with Crippen LogP contribution in [0.15, 0.2) is 18.2 Å². The van der Waals surface area contributed by atoms with Gasteiger partial charge in [-0.25, -0.2) is 8.78 Å². The quantitative estimate of drug-likeness (QED) is 0.932. The van der Waals surface area contributed by atoms with Gasteiger partial charge in [0.2, 0.25) is 5.91 Å². The number of likely N-dealkylation sites (tertiary alicyclic amines) is 1. The summed E-state index contributed by atoms with van der Waals surface area (Å²) in [7, 11) is 0. The first-order valence-corrected chi connectivity index (χ1v) is 7.44. The Hall–Kier alpha value is -1.98.